The van der Waals surface area contributed by atoms with Gasteiger partial charge in [-0.25, -0.2) is 0 Å². The average molecular weight is 1110 g/mol. The maximum Gasteiger partial charge on any atom is 0.187 e. The average Bonchev–Trinajstić information content (AvgIpc) is 3.43. The number of aliphatic hydroxyl groups excluding tert-OH is 18. The SMILES string of the molecule is C1C2CC3CC1CC(C2)C3.OC[C@H]1O[C@@H]2O[C@H]3C(O)C(O)[C@H](O[C@@H]3CO)O[C@H]3C(O)C(O)[C@H](O[C@@H]3CO)O[C@H]3C(O)C(O)[C@H](O[C@@H]3CO)O[C@H]3C(O)C(O)[C@H](O[C@@H]3CO)O[C@H]3C(O)C(O)C(OC1C(O)C2O)O[C@@H]3CO. The molecule has 30 heteroatoms. The number of aliphatic hydroxyl groups is 18. The monoisotopic (exact) mass is 1110 g/mol. The Kier molecular flexibility index (Phi) is 19.6. The summed E-state index contributed by atoms with van der Waals surface area (Å²) in [7, 11) is 0. The second kappa shape index (κ2) is 25.1. The quantitative estimate of drug-likeness (QED) is 0.117. The van der Waals surface area contributed by atoms with E-state index in [0.717, 1.165) is 0 Å². The van der Waals surface area contributed by atoms with Crippen molar-refractivity contribution < 1.29 is 149 Å². The van der Waals surface area contributed by atoms with Crippen LogP contribution in [0.5, 0.6) is 0 Å². The summed E-state index contributed by atoms with van der Waals surface area (Å²) in [6, 6.07) is 0. The molecule has 4 aliphatic carbocycles. The van der Waals surface area contributed by atoms with Gasteiger partial charge in [-0.3, -0.25) is 0 Å². The Morgan fingerprint density at radius 3 is 0.447 bits per heavy atom. The Morgan fingerprint density at radius 1 is 0.197 bits per heavy atom. The second-order valence-electron chi connectivity index (χ2n) is 21.7. The smallest absolute Gasteiger partial charge is 0.187 e. The van der Waals surface area contributed by atoms with Gasteiger partial charge in [0.15, 0.2) is 37.7 Å². The molecular formula is C46H76O30. The van der Waals surface area contributed by atoms with Crippen molar-refractivity contribution in [3.63, 3.8) is 0 Å². The third-order valence-corrected chi connectivity index (χ3v) is 16.7. The van der Waals surface area contributed by atoms with Gasteiger partial charge in [-0.15, -0.1) is 0 Å². The molecular weight excluding hydrogens is 1030 g/mol. The maximum atomic E-state index is 11.2. The van der Waals surface area contributed by atoms with Crippen molar-refractivity contribution in [2.75, 3.05) is 39.6 Å². The van der Waals surface area contributed by atoms with Crippen LogP contribution in [0.3, 0.4) is 0 Å². The molecule has 22 saturated heterocycles. The number of rotatable bonds is 6. The van der Waals surface area contributed by atoms with Gasteiger partial charge in [0.25, 0.3) is 0 Å². The lowest BCUT2D eigenvalue weighted by molar-refractivity contribution is -0.404. The molecule has 16 bridgehead atoms. The molecule has 26 fully saturated rings. The number of ether oxygens (including phenoxy) is 12. The van der Waals surface area contributed by atoms with Gasteiger partial charge in [0.05, 0.1) is 39.6 Å². The minimum atomic E-state index is -2.15. The molecule has 4 saturated carbocycles. The van der Waals surface area contributed by atoms with E-state index in [1.807, 2.05) is 0 Å². The van der Waals surface area contributed by atoms with Gasteiger partial charge in [-0.05, 0) is 62.2 Å². The molecule has 0 radical (unpaired) electrons. The highest BCUT2D eigenvalue weighted by Gasteiger charge is 2.59. The first-order chi connectivity index (χ1) is 36.3. The maximum absolute atomic E-state index is 11.2. The summed E-state index contributed by atoms with van der Waals surface area (Å²) in [4.78, 5) is 0. The van der Waals surface area contributed by atoms with Crippen LogP contribution in [-0.4, -0.2) is 316 Å². The van der Waals surface area contributed by atoms with Gasteiger partial charge >= 0.3 is 0 Å². The van der Waals surface area contributed by atoms with Gasteiger partial charge in [-0.2, -0.15) is 0 Å². The van der Waals surface area contributed by atoms with Gasteiger partial charge in [0.2, 0.25) is 0 Å². The Hall–Kier alpha value is -1.20. The van der Waals surface area contributed by atoms with Gasteiger partial charge in [-0.1, -0.05) is 0 Å². The van der Waals surface area contributed by atoms with Crippen LogP contribution in [-0.2, 0) is 56.8 Å². The molecule has 0 aromatic carbocycles. The Labute approximate surface area is 434 Å². The summed E-state index contributed by atoms with van der Waals surface area (Å²) < 4.78 is 67.9. The molecule has 76 heavy (non-hydrogen) atoms. The minimum Gasteiger partial charge on any atom is -0.394 e. The lowest BCUT2D eigenvalue weighted by Crippen LogP contribution is -2.69. The molecule has 14 unspecified atom stereocenters. The van der Waals surface area contributed by atoms with Crippen molar-refractivity contribution >= 4 is 0 Å². The Morgan fingerprint density at radius 2 is 0.329 bits per heavy atom. The molecule has 18 N–H and O–H groups in total. The molecule has 30 nitrogen and oxygen atoms in total. The molecule has 26 rings (SSSR count). The highest BCUT2D eigenvalue weighted by Crippen LogP contribution is 2.53. The van der Waals surface area contributed by atoms with E-state index in [1.165, 1.54) is 23.7 Å². The van der Waals surface area contributed by atoms with E-state index in [9.17, 15) is 91.9 Å². The predicted molar refractivity (Wildman–Crippen MR) is 237 cm³/mol. The van der Waals surface area contributed by atoms with Crippen molar-refractivity contribution in [1.82, 2.24) is 0 Å². The summed E-state index contributed by atoms with van der Waals surface area (Å²) in [5, 5.41) is 196. The zero-order chi connectivity index (χ0) is 54.6. The van der Waals surface area contributed by atoms with Gasteiger partial charge in [0, 0.05) is 0 Å². The highest BCUT2D eigenvalue weighted by atomic mass is 16.8. The molecule has 22 aliphatic heterocycles. The van der Waals surface area contributed by atoms with E-state index in [0.29, 0.717) is 0 Å². The standard InChI is InChI=1S/C36H60O30.C10H16/c37-1-7-25-13(43)19(49)31(55-7)62-26-8(2-38)57-33(21(51)15(26)45)64-28-10(4-40)59-35(23(53)17(28)47)66-30-12(6-42)60-36(24(54)18(30)48)65-29-11(5-41)58-34(22(52)16(29)46)63-27-9(3-39)56-32(61-25)20(50)14(27)44;1-7-2-9-4-8(1)5-10(3-7)6-9/h7-54H,1-6H2;7-10H,1-6H2/t7-,8-,9-,10-,11-,12-,13?,14?,15?,16?,17?,18?,19?,20?,21?,22?,23?,24?,25-,26-,27-,28-,29-,30?,31-,32-,33-,34-,35?,36-;/m1./s1. The van der Waals surface area contributed by atoms with E-state index < -0.39 is 224 Å². The summed E-state index contributed by atoms with van der Waals surface area (Å²) in [6.07, 6.45) is -48.9. The second-order valence-corrected chi connectivity index (χ2v) is 21.7. The lowest BCUT2D eigenvalue weighted by atomic mass is 9.56. The van der Waals surface area contributed by atoms with Crippen molar-refractivity contribution in [2.24, 2.45) is 23.7 Å². The normalized spacial score (nSPS) is 55.7. The van der Waals surface area contributed by atoms with Crippen LogP contribution in [0, 0.1) is 23.7 Å². The molecule has 30 atom stereocenters. The van der Waals surface area contributed by atoms with Crippen LogP contribution in [0.15, 0.2) is 0 Å². The van der Waals surface area contributed by atoms with Gasteiger partial charge in [0.1, 0.15) is 146 Å². The molecule has 0 aromatic heterocycles. The first-order valence-electron chi connectivity index (χ1n) is 26.0. The predicted octanol–water partition coefficient (Wildman–Crippen LogP) is -10.2. The topological polar surface area (TPSA) is 475 Å². The summed E-state index contributed by atoms with van der Waals surface area (Å²) in [6.45, 7) is -5.99. The van der Waals surface area contributed by atoms with Crippen molar-refractivity contribution in [3.8, 4) is 0 Å². The fraction of sp³-hybridized carbons (Fsp3) is 1.00. The third-order valence-electron chi connectivity index (χ3n) is 16.7. The van der Waals surface area contributed by atoms with Crippen LogP contribution >= 0.6 is 0 Å². The zero-order valence-corrected chi connectivity index (χ0v) is 41.1. The van der Waals surface area contributed by atoms with Crippen LogP contribution in [0.4, 0.5) is 0 Å². The molecule has 0 amide bonds. The number of hydrogen-bond acceptors (Lipinski definition) is 30. The van der Waals surface area contributed by atoms with Crippen LogP contribution in [0.1, 0.15) is 38.5 Å². The van der Waals surface area contributed by atoms with Crippen molar-refractivity contribution in [2.45, 2.75) is 223 Å². The lowest BCUT2D eigenvalue weighted by Gasteiger charge is -2.50. The molecule has 26 aliphatic rings. The van der Waals surface area contributed by atoms with E-state index >= 15 is 0 Å². The number of hydrogen-bond donors (Lipinski definition) is 18. The molecule has 440 valence electrons. The molecule has 0 aromatic rings. The van der Waals surface area contributed by atoms with E-state index in [4.69, 9.17) is 56.8 Å². The highest BCUT2D eigenvalue weighted by molar-refractivity contribution is 5.01. The Balaban J connectivity index is 0.000000620. The summed E-state index contributed by atoms with van der Waals surface area (Å²) >= 11 is 0. The van der Waals surface area contributed by atoms with Crippen LogP contribution in [0.2, 0.25) is 0 Å². The van der Waals surface area contributed by atoms with E-state index in [1.54, 1.807) is 38.5 Å². The third kappa shape index (κ3) is 11.7. The first kappa shape index (κ1) is 59.4. The minimum absolute atomic E-state index is 0.999. The van der Waals surface area contributed by atoms with Crippen LogP contribution in [0.25, 0.3) is 0 Å². The fourth-order valence-corrected chi connectivity index (χ4v) is 12.9. The van der Waals surface area contributed by atoms with Gasteiger partial charge < -0.3 is 149 Å². The fourth-order valence-electron chi connectivity index (χ4n) is 12.9. The van der Waals surface area contributed by atoms with E-state index in [2.05, 4.69) is 0 Å². The molecule has 0 spiro atoms. The molecule has 22 heterocycles. The first-order valence-corrected chi connectivity index (χ1v) is 26.0. The van der Waals surface area contributed by atoms with Crippen molar-refractivity contribution in [3.05, 3.63) is 0 Å². The van der Waals surface area contributed by atoms with Crippen LogP contribution < -0.4 is 0 Å². The van der Waals surface area contributed by atoms with Crippen molar-refractivity contribution in [1.29, 1.82) is 0 Å². The zero-order valence-electron chi connectivity index (χ0n) is 41.1. The summed E-state index contributed by atoms with van der Waals surface area (Å²) in [5.74, 6) is 4.71. The summed E-state index contributed by atoms with van der Waals surface area (Å²) in [5.41, 5.74) is 0. The largest absolute Gasteiger partial charge is 0.394 e. The van der Waals surface area contributed by atoms with E-state index in [-0.39, 0.29) is 0 Å². The Bertz CT molecular complexity index is 1480.